The van der Waals surface area contributed by atoms with E-state index in [1.165, 1.54) is 0 Å². The van der Waals surface area contributed by atoms with Crippen LogP contribution in [0.2, 0.25) is 0 Å². The largest absolute Gasteiger partial charge is 0.382 e. The molecule has 2 aliphatic rings. The molecular formula is C15H18F2N6O. The topological polar surface area (TPSA) is 82.1 Å². The molecule has 2 aromatic heterocycles. The van der Waals surface area contributed by atoms with Crippen molar-refractivity contribution in [2.45, 2.75) is 38.0 Å². The van der Waals surface area contributed by atoms with E-state index in [2.05, 4.69) is 15.1 Å². The summed E-state index contributed by atoms with van der Waals surface area (Å²) in [5.74, 6) is -1.71. The summed E-state index contributed by atoms with van der Waals surface area (Å²) < 4.78 is 34.6. The van der Waals surface area contributed by atoms with Gasteiger partial charge in [0.05, 0.1) is 31.1 Å². The molecule has 0 amide bonds. The third-order valence-electron chi connectivity index (χ3n) is 4.36. The maximum atomic E-state index is 13.6. The fourth-order valence-electron chi connectivity index (χ4n) is 3.13. The average molecular weight is 336 g/mol. The second kappa shape index (κ2) is 5.66. The second-order valence-electron chi connectivity index (χ2n) is 6.16. The van der Waals surface area contributed by atoms with E-state index in [9.17, 15) is 8.78 Å². The minimum absolute atomic E-state index is 0.0409. The van der Waals surface area contributed by atoms with Crippen molar-refractivity contribution in [3.05, 3.63) is 29.7 Å². The number of fused-ring (bicyclic) bond motifs is 1. The van der Waals surface area contributed by atoms with Crippen molar-refractivity contribution in [1.82, 2.24) is 19.7 Å². The number of nitrogens with two attached hydrogens (primary N) is 1. The average Bonchev–Trinajstić information content (AvgIpc) is 2.93. The molecule has 1 atom stereocenters. The number of alkyl halides is 2. The molecule has 9 heteroatoms. The first kappa shape index (κ1) is 15.3. The predicted octanol–water partition coefficient (Wildman–Crippen LogP) is 1.76. The fourth-order valence-corrected chi connectivity index (χ4v) is 3.13. The van der Waals surface area contributed by atoms with Crippen molar-refractivity contribution in [3.63, 3.8) is 0 Å². The Bertz CT molecular complexity index is 749. The summed E-state index contributed by atoms with van der Waals surface area (Å²) in [6.07, 6.45) is 0.321. The Kier molecular flexibility index (Phi) is 3.60. The van der Waals surface area contributed by atoms with E-state index >= 15 is 0 Å². The van der Waals surface area contributed by atoms with Crippen molar-refractivity contribution < 1.29 is 13.5 Å². The molecule has 0 aromatic carbocycles. The predicted molar refractivity (Wildman–Crippen MR) is 82.6 cm³/mol. The number of nitrogen functional groups attached to an aromatic ring is 1. The van der Waals surface area contributed by atoms with Crippen LogP contribution in [0.25, 0.3) is 0 Å². The fraction of sp³-hybridized carbons (Fsp3) is 0.533. The van der Waals surface area contributed by atoms with Crippen LogP contribution in [-0.4, -0.2) is 38.8 Å². The molecule has 4 heterocycles. The van der Waals surface area contributed by atoms with Crippen LogP contribution in [0.3, 0.4) is 0 Å². The molecular weight excluding hydrogens is 318 g/mol. The van der Waals surface area contributed by atoms with Gasteiger partial charge in [-0.05, 0) is 6.07 Å². The van der Waals surface area contributed by atoms with Crippen LogP contribution in [0.4, 0.5) is 20.5 Å². The Hall–Kier alpha value is -2.29. The number of aromatic nitrogens is 4. The lowest BCUT2D eigenvalue weighted by molar-refractivity contribution is -0.130. The standard InChI is InChI=1S/C15H18F2N6O/c16-15(17)2-6-24-12(8-15)11-1-3-19-14(20-11)22-4-5-23-10(9-22)7-13(18)21-23/h1,3,7,12H,2,4-6,8-9H2,(H2,18,21). The van der Waals surface area contributed by atoms with E-state index < -0.39 is 12.0 Å². The summed E-state index contributed by atoms with van der Waals surface area (Å²) in [6, 6.07) is 3.46. The molecule has 2 aromatic rings. The van der Waals surface area contributed by atoms with Gasteiger partial charge < -0.3 is 15.4 Å². The molecule has 0 saturated carbocycles. The van der Waals surface area contributed by atoms with Gasteiger partial charge in [-0.15, -0.1) is 0 Å². The van der Waals surface area contributed by atoms with E-state index in [4.69, 9.17) is 10.5 Å². The van der Waals surface area contributed by atoms with Crippen LogP contribution in [0.15, 0.2) is 18.3 Å². The van der Waals surface area contributed by atoms with Crippen molar-refractivity contribution in [1.29, 1.82) is 0 Å². The van der Waals surface area contributed by atoms with Gasteiger partial charge in [0.15, 0.2) is 0 Å². The van der Waals surface area contributed by atoms with E-state index in [-0.39, 0.29) is 19.4 Å². The van der Waals surface area contributed by atoms with Crippen LogP contribution >= 0.6 is 0 Å². The van der Waals surface area contributed by atoms with Crippen LogP contribution in [-0.2, 0) is 17.8 Å². The first-order chi connectivity index (χ1) is 11.5. The molecule has 1 unspecified atom stereocenters. The minimum atomic E-state index is -2.71. The molecule has 0 radical (unpaired) electrons. The normalized spacial score (nSPS) is 23.1. The lowest BCUT2D eigenvalue weighted by atomic mass is 10.0. The second-order valence-corrected chi connectivity index (χ2v) is 6.16. The van der Waals surface area contributed by atoms with Gasteiger partial charge in [-0.25, -0.2) is 18.7 Å². The highest BCUT2D eigenvalue weighted by Crippen LogP contribution is 2.37. The SMILES string of the molecule is Nc1cc2n(n1)CCN(c1nccc(C3CC(F)(F)CCO3)n1)C2. The van der Waals surface area contributed by atoms with Crippen molar-refractivity contribution >= 4 is 11.8 Å². The van der Waals surface area contributed by atoms with Crippen LogP contribution in [0.5, 0.6) is 0 Å². The van der Waals surface area contributed by atoms with Crippen LogP contribution in [0.1, 0.15) is 30.3 Å². The molecule has 2 N–H and O–H groups in total. The lowest BCUT2D eigenvalue weighted by Gasteiger charge is -2.30. The third kappa shape index (κ3) is 2.91. The highest BCUT2D eigenvalue weighted by atomic mass is 19.3. The van der Waals surface area contributed by atoms with Gasteiger partial charge >= 0.3 is 0 Å². The number of anilines is 2. The van der Waals surface area contributed by atoms with Gasteiger partial charge in [0.2, 0.25) is 5.95 Å². The van der Waals surface area contributed by atoms with Crippen LogP contribution < -0.4 is 10.6 Å². The number of ether oxygens (including phenoxy) is 1. The first-order valence-electron chi connectivity index (χ1n) is 7.90. The Balaban J connectivity index is 1.55. The molecule has 1 saturated heterocycles. The quantitative estimate of drug-likeness (QED) is 0.900. The minimum Gasteiger partial charge on any atom is -0.382 e. The van der Waals surface area contributed by atoms with E-state index in [0.29, 0.717) is 37.1 Å². The molecule has 0 spiro atoms. The lowest BCUT2D eigenvalue weighted by Crippen LogP contribution is -2.35. The molecule has 24 heavy (non-hydrogen) atoms. The van der Waals surface area contributed by atoms with Gasteiger partial charge in [-0.2, -0.15) is 5.10 Å². The molecule has 4 rings (SSSR count). The zero-order valence-electron chi connectivity index (χ0n) is 13.0. The number of halogens is 2. The third-order valence-corrected chi connectivity index (χ3v) is 4.36. The molecule has 128 valence electrons. The van der Waals surface area contributed by atoms with Crippen LogP contribution in [0, 0.1) is 0 Å². The zero-order chi connectivity index (χ0) is 16.7. The first-order valence-corrected chi connectivity index (χ1v) is 7.90. The van der Waals surface area contributed by atoms with Gasteiger partial charge in [0, 0.05) is 31.6 Å². The summed E-state index contributed by atoms with van der Waals surface area (Å²) in [6.45, 7) is 1.98. The molecule has 0 aliphatic carbocycles. The summed E-state index contributed by atoms with van der Waals surface area (Å²) in [4.78, 5) is 10.7. The number of rotatable bonds is 2. The highest BCUT2D eigenvalue weighted by molar-refractivity contribution is 5.37. The maximum absolute atomic E-state index is 13.6. The zero-order valence-corrected chi connectivity index (χ0v) is 13.0. The summed E-state index contributed by atoms with van der Waals surface area (Å²) >= 11 is 0. The van der Waals surface area contributed by atoms with Gasteiger partial charge in [-0.1, -0.05) is 0 Å². The maximum Gasteiger partial charge on any atom is 0.253 e. The Morgan fingerprint density at radius 1 is 1.33 bits per heavy atom. The van der Waals surface area contributed by atoms with Gasteiger partial charge in [-0.3, -0.25) is 4.68 Å². The monoisotopic (exact) mass is 336 g/mol. The number of hydrogen-bond donors (Lipinski definition) is 1. The van der Waals surface area contributed by atoms with Gasteiger partial charge in [0.1, 0.15) is 11.9 Å². The van der Waals surface area contributed by atoms with E-state index in [0.717, 1.165) is 5.69 Å². The highest BCUT2D eigenvalue weighted by Gasteiger charge is 2.38. The smallest absolute Gasteiger partial charge is 0.253 e. The summed E-state index contributed by atoms with van der Waals surface area (Å²) in [5.41, 5.74) is 7.20. The van der Waals surface area contributed by atoms with E-state index in [1.807, 2.05) is 15.6 Å². The molecule has 0 bridgehead atoms. The number of hydrogen-bond acceptors (Lipinski definition) is 6. The van der Waals surface area contributed by atoms with Crippen molar-refractivity contribution in [2.24, 2.45) is 0 Å². The molecule has 7 nitrogen and oxygen atoms in total. The summed E-state index contributed by atoms with van der Waals surface area (Å²) in [5, 5.41) is 4.21. The Morgan fingerprint density at radius 2 is 2.21 bits per heavy atom. The molecule has 1 fully saturated rings. The molecule has 2 aliphatic heterocycles. The van der Waals surface area contributed by atoms with Crippen molar-refractivity contribution in [3.8, 4) is 0 Å². The van der Waals surface area contributed by atoms with E-state index in [1.54, 1.807) is 12.3 Å². The summed E-state index contributed by atoms with van der Waals surface area (Å²) in [7, 11) is 0. The number of nitrogens with zero attached hydrogens (tertiary/aromatic N) is 5. The van der Waals surface area contributed by atoms with Crippen molar-refractivity contribution in [2.75, 3.05) is 23.8 Å². The van der Waals surface area contributed by atoms with Gasteiger partial charge in [0.25, 0.3) is 5.92 Å². The Morgan fingerprint density at radius 3 is 3.04 bits per heavy atom. The Labute approximate surface area is 137 Å².